The molecule has 1 saturated heterocycles. The molecule has 2 heteroatoms. The van der Waals surface area contributed by atoms with Crippen LogP contribution in [0.15, 0.2) is 0 Å². The minimum atomic E-state index is 0.591. The maximum atomic E-state index is 3.69. The number of nitrogens with one attached hydrogen (secondary N) is 1. The summed E-state index contributed by atoms with van der Waals surface area (Å²) in [4.78, 5) is 2.94. The molecule has 2 saturated carbocycles. The number of hydrogen-bond acceptors (Lipinski definition) is 2. The van der Waals surface area contributed by atoms with E-state index >= 15 is 0 Å². The molecule has 122 valence electrons. The lowest BCUT2D eigenvalue weighted by molar-refractivity contribution is 0.0106. The molecule has 2 aliphatic carbocycles. The summed E-state index contributed by atoms with van der Waals surface area (Å²) in [7, 11) is 0. The quantitative estimate of drug-likeness (QED) is 0.817. The van der Waals surface area contributed by atoms with Gasteiger partial charge in [-0.25, -0.2) is 0 Å². The lowest BCUT2D eigenvalue weighted by Crippen LogP contribution is -2.53. The van der Waals surface area contributed by atoms with E-state index in [2.05, 4.69) is 17.1 Å². The minimum Gasteiger partial charge on any atom is -0.316 e. The van der Waals surface area contributed by atoms with Crippen molar-refractivity contribution in [3.05, 3.63) is 0 Å². The Kier molecular flexibility index (Phi) is 5.61. The fourth-order valence-electron chi connectivity index (χ4n) is 5.44. The first kappa shape index (κ1) is 15.8. The molecular formula is C19H36N2. The summed E-state index contributed by atoms with van der Waals surface area (Å²) in [6.45, 7) is 7.43. The largest absolute Gasteiger partial charge is 0.316 e. The predicted molar refractivity (Wildman–Crippen MR) is 90.6 cm³/mol. The first-order valence-corrected chi connectivity index (χ1v) is 9.78. The molecule has 0 aromatic heterocycles. The van der Waals surface area contributed by atoms with Crippen molar-refractivity contribution in [2.45, 2.75) is 83.6 Å². The van der Waals surface area contributed by atoms with E-state index in [-0.39, 0.29) is 0 Å². The highest BCUT2D eigenvalue weighted by Gasteiger charge is 2.39. The number of fused-ring (bicyclic) bond motifs is 1. The zero-order chi connectivity index (χ0) is 14.5. The summed E-state index contributed by atoms with van der Waals surface area (Å²) in [5.74, 6) is 1.03. The Morgan fingerprint density at radius 1 is 0.952 bits per heavy atom. The van der Waals surface area contributed by atoms with Gasteiger partial charge in [-0.05, 0) is 62.9 Å². The van der Waals surface area contributed by atoms with Gasteiger partial charge in [0, 0.05) is 19.1 Å². The Labute approximate surface area is 132 Å². The second kappa shape index (κ2) is 7.46. The highest BCUT2D eigenvalue weighted by Crippen LogP contribution is 2.41. The zero-order valence-corrected chi connectivity index (χ0v) is 14.2. The molecule has 1 heterocycles. The molecule has 1 N–H and O–H groups in total. The monoisotopic (exact) mass is 292 g/mol. The van der Waals surface area contributed by atoms with E-state index in [4.69, 9.17) is 0 Å². The Hall–Kier alpha value is -0.0800. The number of nitrogens with zero attached hydrogens (tertiary/aromatic N) is 1. The molecule has 2 nitrogen and oxygen atoms in total. The summed E-state index contributed by atoms with van der Waals surface area (Å²) >= 11 is 0. The van der Waals surface area contributed by atoms with Crippen LogP contribution in [0.1, 0.15) is 77.6 Å². The summed E-state index contributed by atoms with van der Waals surface area (Å²) in [5, 5.41) is 3.69. The maximum Gasteiger partial charge on any atom is 0.0124 e. The van der Waals surface area contributed by atoms with Crippen molar-refractivity contribution < 1.29 is 0 Å². The average molecular weight is 293 g/mol. The van der Waals surface area contributed by atoms with Crippen molar-refractivity contribution >= 4 is 0 Å². The van der Waals surface area contributed by atoms with E-state index < -0.39 is 0 Å². The SMILES string of the molecule is CCNCC1(CN2CCCC3CCCCC32)CCCCC1. The van der Waals surface area contributed by atoms with Crippen LogP contribution in [0.3, 0.4) is 0 Å². The number of likely N-dealkylation sites (tertiary alicyclic amines) is 1. The van der Waals surface area contributed by atoms with Gasteiger partial charge in [0.2, 0.25) is 0 Å². The molecular weight excluding hydrogens is 256 g/mol. The van der Waals surface area contributed by atoms with Crippen molar-refractivity contribution in [1.29, 1.82) is 0 Å². The third-order valence-electron chi connectivity index (χ3n) is 6.56. The highest BCUT2D eigenvalue weighted by molar-refractivity contribution is 4.93. The maximum absolute atomic E-state index is 3.69. The number of rotatable bonds is 5. The third kappa shape index (κ3) is 3.82. The standard InChI is InChI=1S/C19H36N2/c1-2-20-15-19(12-6-3-7-13-19)16-21-14-8-10-17-9-4-5-11-18(17)21/h17-18,20H,2-16H2,1H3. The van der Waals surface area contributed by atoms with Crippen molar-refractivity contribution in [3.8, 4) is 0 Å². The lowest BCUT2D eigenvalue weighted by atomic mass is 9.71. The molecule has 0 spiro atoms. The molecule has 1 aliphatic heterocycles. The van der Waals surface area contributed by atoms with Gasteiger partial charge in [0.1, 0.15) is 0 Å². The molecule has 2 atom stereocenters. The van der Waals surface area contributed by atoms with E-state index in [0.717, 1.165) is 18.5 Å². The van der Waals surface area contributed by atoms with Gasteiger partial charge in [-0.15, -0.1) is 0 Å². The Morgan fingerprint density at radius 3 is 2.52 bits per heavy atom. The van der Waals surface area contributed by atoms with E-state index in [9.17, 15) is 0 Å². The molecule has 0 radical (unpaired) electrons. The highest BCUT2D eigenvalue weighted by atomic mass is 15.2. The van der Waals surface area contributed by atoms with Crippen LogP contribution in [0.4, 0.5) is 0 Å². The van der Waals surface area contributed by atoms with Crippen LogP contribution in [0.25, 0.3) is 0 Å². The molecule has 21 heavy (non-hydrogen) atoms. The van der Waals surface area contributed by atoms with E-state index in [1.54, 1.807) is 0 Å². The van der Waals surface area contributed by atoms with Crippen LogP contribution in [-0.4, -0.2) is 37.1 Å². The van der Waals surface area contributed by atoms with Gasteiger partial charge in [-0.3, -0.25) is 4.90 Å². The molecule has 0 aromatic rings. The molecule has 0 bridgehead atoms. The van der Waals surface area contributed by atoms with E-state index in [1.165, 1.54) is 90.3 Å². The molecule has 2 unspecified atom stereocenters. The Balaban J connectivity index is 1.65. The summed E-state index contributed by atoms with van der Waals surface area (Å²) in [6.07, 6.45) is 16.3. The molecule has 3 fully saturated rings. The Bertz CT molecular complexity index is 307. The van der Waals surface area contributed by atoms with Crippen molar-refractivity contribution in [2.75, 3.05) is 26.2 Å². The fourth-order valence-corrected chi connectivity index (χ4v) is 5.44. The lowest BCUT2D eigenvalue weighted by Gasteiger charge is -2.49. The van der Waals surface area contributed by atoms with Crippen LogP contribution < -0.4 is 5.32 Å². The first-order valence-electron chi connectivity index (χ1n) is 9.78. The normalized spacial score (nSPS) is 33.6. The number of piperidine rings is 1. The van der Waals surface area contributed by atoms with Crippen LogP contribution >= 0.6 is 0 Å². The predicted octanol–water partition coefficient (Wildman–Crippen LogP) is 4.20. The van der Waals surface area contributed by atoms with Crippen LogP contribution in [0.2, 0.25) is 0 Å². The second-order valence-electron chi connectivity index (χ2n) is 8.07. The zero-order valence-electron chi connectivity index (χ0n) is 14.2. The van der Waals surface area contributed by atoms with E-state index in [1.807, 2.05) is 0 Å². The van der Waals surface area contributed by atoms with Crippen molar-refractivity contribution in [3.63, 3.8) is 0 Å². The van der Waals surface area contributed by atoms with Gasteiger partial charge in [-0.1, -0.05) is 39.0 Å². The number of hydrogen-bond donors (Lipinski definition) is 1. The van der Waals surface area contributed by atoms with Gasteiger partial charge < -0.3 is 5.32 Å². The van der Waals surface area contributed by atoms with Crippen molar-refractivity contribution in [1.82, 2.24) is 10.2 Å². The smallest absolute Gasteiger partial charge is 0.0124 e. The van der Waals surface area contributed by atoms with Crippen LogP contribution in [-0.2, 0) is 0 Å². The third-order valence-corrected chi connectivity index (χ3v) is 6.56. The molecule has 0 amide bonds. The van der Waals surface area contributed by atoms with Gasteiger partial charge >= 0.3 is 0 Å². The van der Waals surface area contributed by atoms with Gasteiger partial charge in [0.25, 0.3) is 0 Å². The van der Waals surface area contributed by atoms with Crippen molar-refractivity contribution in [2.24, 2.45) is 11.3 Å². The summed E-state index contributed by atoms with van der Waals surface area (Å²) < 4.78 is 0. The van der Waals surface area contributed by atoms with Gasteiger partial charge in [-0.2, -0.15) is 0 Å². The topological polar surface area (TPSA) is 15.3 Å². The van der Waals surface area contributed by atoms with Crippen LogP contribution in [0.5, 0.6) is 0 Å². The van der Waals surface area contributed by atoms with Gasteiger partial charge in [0.05, 0.1) is 0 Å². The Morgan fingerprint density at radius 2 is 1.71 bits per heavy atom. The summed E-state index contributed by atoms with van der Waals surface area (Å²) in [6, 6.07) is 0.938. The minimum absolute atomic E-state index is 0.591. The van der Waals surface area contributed by atoms with Crippen LogP contribution in [0, 0.1) is 11.3 Å². The van der Waals surface area contributed by atoms with E-state index in [0.29, 0.717) is 5.41 Å². The molecule has 0 aromatic carbocycles. The summed E-state index contributed by atoms with van der Waals surface area (Å²) in [5.41, 5.74) is 0.591. The molecule has 3 rings (SSSR count). The first-order chi connectivity index (χ1) is 10.3. The fraction of sp³-hybridized carbons (Fsp3) is 1.00. The second-order valence-corrected chi connectivity index (χ2v) is 8.07. The van der Waals surface area contributed by atoms with Gasteiger partial charge in [0.15, 0.2) is 0 Å². The molecule has 3 aliphatic rings. The average Bonchev–Trinajstić information content (AvgIpc) is 2.54.